The van der Waals surface area contributed by atoms with E-state index >= 15 is 0 Å². The first-order chi connectivity index (χ1) is 5.77. The SMILES string of the molecule is COc1cc(C)ccc1CC#N. The topological polar surface area (TPSA) is 33.0 Å². The van der Waals surface area contributed by atoms with Crippen LogP contribution in [0, 0.1) is 18.3 Å². The van der Waals surface area contributed by atoms with Crippen molar-refractivity contribution in [1.82, 2.24) is 0 Å². The van der Waals surface area contributed by atoms with Gasteiger partial charge in [-0.1, -0.05) is 12.1 Å². The summed E-state index contributed by atoms with van der Waals surface area (Å²) in [6.45, 7) is 2.00. The normalized spacial score (nSPS) is 9.08. The summed E-state index contributed by atoms with van der Waals surface area (Å²) in [6, 6.07) is 7.94. The van der Waals surface area contributed by atoms with Crippen molar-refractivity contribution in [3.05, 3.63) is 29.3 Å². The molecule has 0 spiro atoms. The van der Waals surface area contributed by atoms with Gasteiger partial charge in [-0.15, -0.1) is 0 Å². The molecule has 0 unspecified atom stereocenters. The molecule has 0 aliphatic heterocycles. The number of aryl methyl sites for hydroxylation is 1. The molecular weight excluding hydrogens is 150 g/mol. The number of hydrogen-bond acceptors (Lipinski definition) is 2. The predicted octanol–water partition coefficient (Wildman–Crippen LogP) is 2.07. The van der Waals surface area contributed by atoms with Crippen LogP contribution in [0.4, 0.5) is 0 Å². The van der Waals surface area contributed by atoms with E-state index in [-0.39, 0.29) is 0 Å². The molecule has 1 rings (SSSR count). The van der Waals surface area contributed by atoms with E-state index in [4.69, 9.17) is 10.00 Å². The fourth-order valence-electron chi connectivity index (χ4n) is 1.08. The van der Waals surface area contributed by atoms with Crippen molar-refractivity contribution in [2.45, 2.75) is 13.3 Å². The van der Waals surface area contributed by atoms with E-state index < -0.39 is 0 Å². The molecule has 1 aromatic rings. The molecule has 0 amide bonds. The summed E-state index contributed by atoms with van der Waals surface area (Å²) in [7, 11) is 1.62. The first-order valence-corrected chi connectivity index (χ1v) is 3.78. The standard InChI is InChI=1S/C10H11NO/c1-8-3-4-9(5-6-11)10(7-8)12-2/h3-4,7H,5H2,1-2H3. The van der Waals surface area contributed by atoms with Crippen LogP contribution in [0.5, 0.6) is 5.75 Å². The molecule has 62 valence electrons. The average molecular weight is 161 g/mol. The van der Waals surface area contributed by atoms with Crippen LogP contribution in [0.2, 0.25) is 0 Å². The molecule has 0 fully saturated rings. The third-order valence-electron chi connectivity index (χ3n) is 1.71. The van der Waals surface area contributed by atoms with Gasteiger partial charge < -0.3 is 4.74 Å². The van der Waals surface area contributed by atoms with Gasteiger partial charge in [0, 0.05) is 5.56 Å². The summed E-state index contributed by atoms with van der Waals surface area (Å²) in [5.74, 6) is 0.802. The van der Waals surface area contributed by atoms with Gasteiger partial charge in [0.15, 0.2) is 0 Å². The average Bonchev–Trinajstić information content (AvgIpc) is 2.08. The zero-order chi connectivity index (χ0) is 8.97. The Bertz CT molecular complexity index is 312. The Balaban J connectivity index is 3.04. The molecule has 0 aromatic heterocycles. The molecule has 0 radical (unpaired) electrons. The Morgan fingerprint density at radius 2 is 2.25 bits per heavy atom. The van der Waals surface area contributed by atoms with Crippen molar-refractivity contribution in [1.29, 1.82) is 5.26 Å². The number of nitriles is 1. The van der Waals surface area contributed by atoms with E-state index in [0.29, 0.717) is 6.42 Å². The van der Waals surface area contributed by atoms with Gasteiger partial charge in [-0.2, -0.15) is 5.26 Å². The van der Waals surface area contributed by atoms with E-state index in [2.05, 4.69) is 6.07 Å². The molecule has 0 N–H and O–H groups in total. The summed E-state index contributed by atoms with van der Waals surface area (Å²) < 4.78 is 5.13. The Kier molecular flexibility index (Phi) is 2.71. The van der Waals surface area contributed by atoms with E-state index in [1.807, 2.05) is 25.1 Å². The van der Waals surface area contributed by atoms with Crippen LogP contribution in [0.3, 0.4) is 0 Å². The van der Waals surface area contributed by atoms with E-state index in [1.165, 1.54) is 0 Å². The third kappa shape index (κ3) is 1.76. The maximum Gasteiger partial charge on any atom is 0.123 e. The van der Waals surface area contributed by atoms with Crippen molar-refractivity contribution < 1.29 is 4.74 Å². The fourth-order valence-corrected chi connectivity index (χ4v) is 1.08. The number of rotatable bonds is 2. The predicted molar refractivity (Wildman–Crippen MR) is 47.0 cm³/mol. The lowest BCUT2D eigenvalue weighted by atomic mass is 10.1. The first-order valence-electron chi connectivity index (χ1n) is 3.78. The molecule has 1 aromatic carbocycles. The zero-order valence-corrected chi connectivity index (χ0v) is 7.29. The quantitative estimate of drug-likeness (QED) is 0.665. The molecule has 0 bridgehead atoms. The summed E-state index contributed by atoms with van der Waals surface area (Å²) in [5.41, 5.74) is 2.10. The summed E-state index contributed by atoms with van der Waals surface area (Å²) >= 11 is 0. The van der Waals surface area contributed by atoms with Gasteiger partial charge in [-0.3, -0.25) is 0 Å². The van der Waals surface area contributed by atoms with Gasteiger partial charge in [0.25, 0.3) is 0 Å². The second-order valence-corrected chi connectivity index (χ2v) is 2.65. The molecule has 0 heterocycles. The minimum atomic E-state index is 0.406. The molecule has 0 atom stereocenters. The Morgan fingerprint density at radius 3 is 2.83 bits per heavy atom. The fraction of sp³-hybridized carbons (Fsp3) is 0.300. The second kappa shape index (κ2) is 3.77. The van der Waals surface area contributed by atoms with E-state index in [0.717, 1.165) is 16.9 Å². The highest BCUT2D eigenvalue weighted by Crippen LogP contribution is 2.19. The lowest BCUT2D eigenvalue weighted by Crippen LogP contribution is -1.91. The van der Waals surface area contributed by atoms with Gasteiger partial charge in [-0.25, -0.2) is 0 Å². The molecule has 0 saturated carbocycles. The minimum absolute atomic E-state index is 0.406. The van der Waals surface area contributed by atoms with Gasteiger partial charge in [0.2, 0.25) is 0 Å². The van der Waals surface area contributed by atoms with Crippen molar-refractivity contribution in [2.75, 3.05) is 7.11 Å². The monoisotopic (exact) mass is 161 g/mol. The smallest absolute Gasteiger partial charge is 0.123 e. The third-order valence-corrected chi connectivity index (χ3v) is 1.71. The molecule has 0 aliphatic carbocycles. The largest absolute Gasteiger partial charge is 0.496 e. The molecule has 2 heteroatoms. The van der Waals surface area contributed by atoms with Crippen molar-refractivity contribution >= 4 is 0 Å². The lowest BCUT2D eigenvalue weighted by Gasteiger charge is -2.05. The van der Waals surface area contributed by atoms with Crippen molar-refractivity contribution in [3.8, 4) is 11.8 Å². The summed E-state index contributed by atoms with van der Waals surface area (Å²) in [6.07, 6.45) is 0.406. The van der Waals surface area contributed by atoms with Crippen molar-refractivity contribution in [3.63, 3.8) is 0 Å². The summed E-state index contributed by atoms with van der Waals surface area (Å²) in [4.78, 5) is 0. The van der Waals surface area contributed by atoms with Gasteiger partial charge in [0.1, 0.15) is 5.75 Å². The highest BCUT2D eigenvalue weighted by atomic mass is 16.5. The maximum absolute atomic E-state index is 8.50. The highest BCUT2D eigenvalue weighted by Gasteiger charge is 2.00. The molecular formula is C10H11NO. The van der Waals surface area contributed by atoms with Crippen LogP contribution >= 0.6 is 0 Å². The summed E-state index contributed by atoms with van der Waals surface area (Å²) in [5, 5.41) is 8.50. The molecule has 0 saturated heterocycles. The van der Waals surface area contributed by atoms with E-state index in [1.54, 1.807) is 7.11 Å². The van der Waals surface area contributed by atoms with Crippen LogP contribution in [-0.2, 0) is 6.42 Å². The molecule has 12 heavy (non-hydrogen) atoms. The number of benzene rings is 1. The highest BCUT2D eigenvalue weighted by molar-refractivity contribution is 5.38. The zero-order valence-electron chi connectivity index (χ0n) is 7.29. The Morgan fingerprint density at radius 1 is 1.50 bits per heavy atom. The molecule has 0 aliphatic rings. The minimum Gasteiger partial charge on any atom is -0.496 e. The maximum atomic E-state index is 8.50. The molecule has 2 nitrogen and oxygen atoms in total. The number of hydrogen-bond donors (Lipinski definition) is 0. The Labute approximate surface area is 72.4 Å². The van der Waals surface area contributed by atoms with E-state index in [9.17, 15) is 0 Å². The lowest BCUT2D eigenvalue weighted by molar-refractivity contribution is 0.410. The van der Waals surface area contributed by atoms with Crippen LogP contribution < -0.4 is 4.74 Å². The van der Waals surface area contributed by atoms with Gasteiger partial charge in [-0.05, 0) is 18.6 Å². The van der Waals surface area contributed by atoms with Crippen LogP contribution in [-0.4, -0.2) is 7.11 Å². The second-order valence-electron chi connectivity index (χ2n) is 2.65. The van der Waals surface area contributed by atoms with Gasteiger partial charge >= 0.3 is 0 Å². The number of methoxy groups -OCH3 is 1. The first kappa shape index (κ1) is 8.61. The van der Waals surface area contributed by atoms with Crippen LogP contribution in [0.1, 0.15) is 11.1 Å². The number of ether oxygens (including phenoxy) is 1. The van der Waals surface area contributed by atoms with Crippen LogP contribution in [0.15, 0.2) is 18.2 Å². The Hall–Kier alpha value is -1.49. The van der Waals surface area contributed by atoms with Crippen LogP contribution in [0.25, 0.3) is 0 Å². The van der Waals surface area contributed by atoms with Crippen molar-refractivity contribution in [2.24, 2.45) is 0 Å². The van der Waals surface area contributed by atoms with Gasteiger partial charge in [0.05, 0.1) is 19.6 Å². The number of nitrogens with zero attached hydrogens (tertiary/aromatic N) is 1.